The van der Waals surface area contributed by atoms with Crippen molar-refractivity contribution in [2.75, 3.05) is 6.16 Å². The molecule has 0 aromatic rings. The lowest BCUT2D eigenvalue weighted by molar-refractivity contribution is -0.281. The van der Waals surface area contributed by atoms with E-state index in [1.54, 1.807) is 0 Å². The fourth-order valence-corrected chi connectivity index (χ4v) is 2.11. The average Bonchev–Trinajstić information content (AvgIpc) is 2.17. The predicted molar refractivity (Wildman–Crippen MR) is 52.4 cm³/mol. The molecule has 1 aliphatic rings. The highest BCUT2D eigenvalue weighted by Crippen LogP contribution is 2.33. The average molecular weight is 257 g/mol. The molecule has 16 heavy (non-hydrogen) atoms. The molecule has 1 rings (SSSR count). The van der Waals surface area contributed by atoms with Crippen LogP contribution in [0.2, 0.25) is 0 Å². The summed E-state index contributed by atoms with van der Waals surface area (Å²) in [6.45, 7) is 0. The van der Waals surface area contributed by atoms with Crippen LogP contribution < -0.4 is 5.50 Å². The van der Waals surface area contributed by atoms with Crippen LogP contribution in [0, 0.1) is 0 Å². The van der Waals surface area contributed by atoms with Crippen molar-refractivity contribution in [3.63, 3.8) is 0 Å². The van der Waals surface area contributed by atoms with Crippen molar-refractivity contribution in [2.24, 2.45) is 5.50 Å². The molecule has 0 amide bonds. The lowest BCUT2D eigenvalue weighted by Crippen LogP contribution is -2.57. The quantitative estimate of drug-likeness (QED) is 0.299. The number of ether oxygens (including phenoxy) is 1. The van der Waals surface area contributed by atoms with Gasteiger partial charge in [0.15, 0.2) is 6.29 Å². The molecular weight excluding hydrogens is 241 g/mol. The van der Waals surface area contributed by atoms with Crippen molar-refractivity contribution in [2.45, 2.75) is 37.1 Å². The first kappa shape index (κ1) is 14.0. The predicted octanol–water partition coefficient (Wildman–Crippen LogP) is -2.68. The third-order valence-corrected chi connectivity index (χ3v) is 3.32. The SMILES string of the molecule is NP(=O)(O)CC[C@H]1OC(O)[C@@H](O)[C@@H](O)[C@@H]1O. The second kappa shape index (κ2) is 5.07. The molecule has 96 valence electrons. The minimum Gasteiger partial charge on any atom is -0.388 e. The molecule has 1 fully saturated rings. The molecule has 0 radical (unpaired) electrons. The van der Waals surface area contributed by atoms with Crippen molar-refractivity contribution in [3.8, 4) is 0 Å². The largest absolute Gasteiger partial charge is 0.388 e. The Balaban J connectivity index is 2.57. The van der Waals surface area contributed by atoms with Gasteiger partial charge in [-0.05, 0) is 6.42 Å². The van der Waals surface area contributed by atoms with Crippen LogP contribution >= 0.6 is 7.52 Å². The molecule has 0 aliphatic carbocycles. The van der Waals surface area contributed by atoms with E-state index >= 15 is 0 Å². The zero-order chi connectivity index (χ0) is 12.5. The number of aliphatic hydroxyl groups excluding tert-OH is 4. The Bertz CT molecular complexity index is 282. The van der Waals surface area contributed by atoms with E-state index in [2.05, 4.69) is 0 Å². The molecule has 1 saturated heterocycles. The van der Waals surface area contributed by atoms with Gasteiger partial charge in [-0.1, -0.05) is 0 Å². The lowest BCUT2D eigenvalue weighted by atomic mass is 9.97. The summed E-state index contributed by atoms with van der Waals surface area (Å²) in [5, 5.41) is 37.1. The first-order chi connectivity index (χ1) is 7.22. The van der Waals surface area contributed by atoms with Gasteiger partial charge in [0.25, 0.3) is 7.52 Å². The van der Waals surface area contributed by atoms with E-state index in [-0.39, 0.29) is 12.6 Å². The Labute approximate surface area is 91.8 Å². The van der Waals surface area contributed by atoms with Crippen LogP contribution in [-0.2, 0) is 9.30 Å². The maximum atomic E-state index is 10.8. The van der Waals surface area contributed by atoms with Crippen LogP contribution in [-0.4, -0.2) is 62.2 Å². The van der Waals surface area contributed by atoms with E-state index in [1.807, 2.05) is 0 Å². The smallest absolute Gasteiger partial charge is 0.264 e. The summed E-state index contributed by atoms with van der Waals surface area (Å²) in [4.78, 5) is 8.84. The molecule has 0 saturated carbocycles. The fourth-order valence-electron chi connectivity index (χ4n) is 1.48. The molecule has 2 unspecified atom stereocenters. The summed E-state index contributed by atoms with van der Waals surface area (Å²) in [7, 11) is -3.73. The second-order valence-electron chi connectivity index (χ2n) is 3.80. The van der Waals surface area contributed by atoms with Crippen LogP contribution in [0.5, 0.6) is 0 Å². The molecule has 0 bridgehead atoms. The van der Waals surface area contributed by atoms with E-state index in [9.17, 15) is 14.8 Å². The van der Waals surface area contributed by atoms with E-state index in [1.165, 1.54) is 0 Å². The molecular formula is C7H16NO7P. The molecule has 7 N–H and O–H groups in total. The van der Waals surface area contributed by atoms with Gasteiger partial charge in [-0.3, -0.25) is 10.1 Å². The highest BCUT2D eigenvalue weighted by Gasteiger charge is 2.43. The van der Waals surface area contributed by atoms with Crippen LogP contribution in [0.3, 0.4) is 0 Å². The first-order valence-electron chi connectivity index (χ1n) is 4.70. The minimum atomic E-state index is -3.73. The van der Waals surface area contributed by atoms with Crippen molar-refractivity contribution in [1.29, 1.82) is 0 Å². The molecule has 0 aromatic carbocycles. The molecule has 6 atom stereocenters. The summed E-state index contributed by atoms with van der Waals surface area (Å²) in [5.41, 5.74) is 4.89. The van der Waals surface area contributed by atoms with E-state index in [4.69, 9.17) is 25.3 Å². The van der Waals surface area contributed by atoms with Gasteiger partial charge < -0.3 is 30.1 Å². The first-order valence-corrected chi connectivity index (χ1v) is 6.62. The normalized spacial score (nSPS) is 44.0. The second-order valence-corrected chi connectivity index (χ2v) is 5.76. The number of hydrogen-bond acceptors (Lipinski definition) is 6. The minimum absolute atomic E-state index is 0.105. The third-order valence-electron chi connectivity index (χ3n) is 2.42. The van der Waals surface area contributed by atoms with Crippen LogP contribution in [0.25, 0.3) is 0 Å². The Morgan fingerprint density at radius 2 is 1.69 bits per heavy atom. The van der Waals surface area contributed by atoms with Gasteiger partial charge in [0.1, 0.15) is 18.3 Å². The Hall–Kier alpha value is -0.0500. The number of nitrogens with two attached hydrogens (primary N) is 1. The van der Waals surface area contributed by atoms with Gasteiger partial charge in [0.2, 0.25) is 0 Å². The molecule has 9 heteroatoms. The van der Waals surface area contributed by atoms with Crippen molar-refractivity contribution >= 4 is 7.52 Å². The monoisotopic (exact) mass is 257 g/mol. The molecule has 1 heterocycles. The summed E-state index contributed by atoms with van der Waals surface area (Å²) in [6.07, 6.45) is -7.72. The number of rotatable bonds is 3. The molecule has 0 spiro atoms. The number of aliphatic hydroxyl groups is 4. The van der Waals surface area contributed by atoms with Crippen molar-refractivity contribution < 1.29 is 34.6 Å². The molecule has 8 nitrogen and oxygen atoms in total. The Morgan fingerprint density at radius 3 is 2.19 bits per heavy atom. The Kier molecular flexibility index (Phi) is 4.44. The van der Waals surface area contributed by atoms with E-state index in [0.717, 1.165) is 0 Å². The highest BCUT2D eigenvalue weighted by atomic mass is 31.2. The zero-order valence-corrected chi connectivity index (χ0v) is 9.27. The highest BCUT2D eigenvalue weighted by molar-refractivity contribution is 7.55. The van der Waals surface area contributed by atoms with Gasteiger partial charge in [-0.25, -0.2) is 0 Å². The van der Waals surface area contributed by atoms with Gasteiger partial charge in [0.05, 0.1) is 6.10 Å². The molecule has 0 aromatic heterocycles. The third kappa shape index (κ3) is 3.47. The van der Waals surface area contributed by atoms with Gasteiger partial charge >= 0.3 is 0 Å². The lowest BCUT2D eigenvalue weighted by Gasteiger charge is -2.38. The van der Waals surface area contributed by atoms with Gasteiger partial charge in [-0.15, -0.1) is 0 Å². The van der Waals surface area contributed by atoms with Crippen LogP contribution in [0.4, 0.5) is 0 Å². The molecule has 1 aliphatic heterocycles. The summed E-state index contributed by atoms with van der Waals surface area (Å²) in [6, 6.07) is 0. The van der Waals surface area contributed by atoms with Gasteiger partial charge in [0, 0.05) is 6.16 Å². The maximum absolute atomic E-state index is 10.8. The topological polar surface area (TPSA) is 153 Å². The fraction of sp³-hybridized carbons (Fsp3) is 1.00. The number of hydrogen-bond donors (Lipinski definition) is 6. The summed E-state index contributed by atoms with van der Waals surface area (Å²) < 4.78 is 15.6. The summed E-state index contributed by atoms with van der Waals surface area (Å²) >= 11 is 0. The maximum Gasteiger partial charge on any atom is 0.264 e. The van der Waals surface area contributed by atoms with E-state index in [0.29, 0.717) is 0 Å². The van der Waals surface area contributed by atoms with E-state index < -0.39 is 38.2 Å². The van der Waals surface area contributed by atoms with Gasteiger partial charge in [-0.2, -0.15) is 0 Å². The van der Waals surface area contributed by atoms with Crippen LogP contribution in [0.15, 0.2) is 0 Å². The van der Waals surface area contributed by atoms with Crippen molar-refractivity contribution in [3.05, 3.63) is 0 Å². The summed E-state index contributed by atoms with van der Waals surface area (Å²) in [5.74, 6) is 0. The Morgan fingerprint density at radius 1 is 1.12 bits per heavy atom. The van der Waals surface area contributed by atoms with Crippen LogP contribution in [0.1, 0.15) is 6.42 Å². The standard InChI is InChI=1S/C7H16NO7P/c8-16(13,14)2-1-3-4(9)5(10)6(11)7(12)15-3/h3-7,9-12H,1-2H2,(H3,8,13,14)/t3-,4-,5+,6+,7?/m1/s1. The van der Waals surface area contributed by atoms with Crippen molar-refractivity contribution in [1.82, 2.24) is 0 Å². The zero-order valence-electron chi connectivity index (χ0n) is 8.38.